The number of hydrogen-bond donors (Lipinski definition) is 1. The van der Waals surface area contributed by atoms with E-state index < -0.39 is 5.97 Å². The summed E-state index contributed by atoms with van der Waals surface area (Å²) in [5.74, 6) is -0.811. The summed E-state index contributed by atoms with van der Waals surface area (Å²) in [5, 5.41) is 19.1. The summed E-state index contributed by atoms with van der Waals surface area (Å²) in [4.78, 5) is 16.3. The third-order valence-electron chi connectivity index (χ3n) is 4.64. The molecule has 0 unspecified atom stereocenters. The van der Waals surface area contributed by atoms with Crippen LogP contribution in [0.5, 0.6) is 0 Å². The molecule has 32 heavy (non-hydrogen) atoms. The number of aliphatic carboxylic acids is 1. The van der Waals surface area contributed by atoms with Crippen molar-refractivity contribution in [2.75, 3.05) is 0 Å². The zero-order chi connectivity index (χ0) is 22.9. The summed E-state index contributed by atoms with van der Waals surface area (Å²) in [6.07, 6.45) is 7.36. The van der Waals surface area contributed by atoms with Crippen LogP contribution in [-0.2, 0) is 11.2 Å². The minimum atomic E-state index is -0.811. The summed E-state index contributed by atoms with van der Waals surface area (Å²) < 4.78 is 2.06. The number of carboxylic acid groups (broad SMARTS) is 1. The van der Waals surface area contributed by atoms with Crippen LogP contribution >= 0.6 is 11.9 Å². The van der Waals surface area contributed by atoms with Crippen molar-refractivity contribution in [3.05, 3.63) is 84.3 Å². The second-order valence-electron chi connectivity index (χ2n) is 7.28. The van der Waals surface area contributed by atoms with E-state index in [2.05, 4.69) is 47.1 Å². The summed E-state index contributed by atoms with van der Waals surface area (Å²) >= 11 is 1.54. The van der Waals surface area contributed by atoms with Crippen LogP contribution in [0.4, 0.5) is 0 Å². The molecule has 0 atom stereocenters. The number of carboxylic acids is 1. The first-order chi connectivity index (χ1) is 15.5. The van der Waals surface area contributed by atoms with E-state index in [0.717, 1.165) is 32.5 Å². The van der Waals surface area contributed by atoms with E-state index in [0.29, 0.717) is 12.0 Å². The molecule has 4 rings (SSSR count). The van der Waals surface area contributed by atoms with Gasteiger partial charge in [-0.15, -0.1) is 0 Å². The first-order valence-electron chi connectivity index (χ1n) is 10.5. The lowest BCUT2D eigenvalue weighted by molar-refractivity contribution is -0.136. The zero-order valence-corrected chi connectivity index (χ0v) is 19.0. The molecule has 0 saturated heterocycles. The van der Waals surface area contributed by atoms with E-state index in [9.17, 15) is 4.79 Å². The molecule has 0 radical (unpaired) electrons. The van der Waals surface area contributed by atoms with Gasteiger partial charge in [0.05, 0.1) is 17.1 Å². The van der Waals surface area contributed by atoms with Gasteiger partial charge in [0.15, 0.2) is 0 Å². The maximum Gasteiger partial charge on any atom is 0.303 e. The summed E-state index contributed by atoms with van der Waals surface area (Å²) in [6.45, 7) is 4.25. The molecule has 162 valence electrons. The third-order valence-corrected chi connectivity index (χ3v) is 5.63. The highest BCUT2D eigenvalue weighted by Gasteiger charge is 2.13. The van der Waals surface area contributed by atoms with Crippen LogP contribution in [0, 0.1) is 11.3 Å². The fraction of sp³-hybridized carbons (Fsp3) is 0.192. The molecule has 0 amide bonds. The van der Waals surface area contributed by atoms with Crippen LogP contribution in [0.3, 0.4) is 0 Å². The van der Waals surface area contributed by atoms with Crippen molar-refractivity contribution in [3.63, 3.8) is 0 Å². The third kappa shape index (κ3) is 5.77. The Morgan fingerprint density at radius 3 is 2.50 bits per heavy atom. The van der Waals surface area contributed by atoms with Gasteiger partial charge in [-0.2, -0.15) is 5.26 Å². The molecule has 0 aliphatic rings. The molecule has 6 heteroatoms. The van der Waals surface area contributed by atoms with Gasteiger partial charge < -0.3 is 5.11 Å². The lowest BCUT2D eigenvalue weighted by Crippen LogP contribution is -1.96. The Balaban J connectivity index is 0.000000913. The molecule has 2 aromatic heterocycles. The van der Waals surface area contributed by atoms with E-state index in [1.807, 2.05) is 36.7 Å². The number of pyridine rings is 1. The molecule has 0 aliphatic carbocycles. The number of nitriles is 1. The Morgan fingerprint density at radius 1 is 1.12 bits per heavy atom. The number of aryl methyl sites for hydroxylation is 1. The van der Waals surface area contributed by atoms with Crippen LogP contribution < -0.4 is 0 Å². The predicted molar refractivity (Wildman–Crippen MR) is 130 cm³/mol. The highest BCUT2D eigenvalue weighted by molar-refractivity contribution is 7.98. The lowest BCUT2D eigenvalue weighted by atomic mass is 10.0. The quantitative estimate of drug-likeness (QED) is 0.365. The van der Waals surface area contributed by atoms with Gasteiger partial charge in [0.1, 0.15) is 0 Å². The van der Waals surface area contributed by atoms with Crippen molar-refractivity contribution < 1.29 is 9.90 Å². The van der Waals surface area contributed by atoms with Crippen molar-refractivity contribution in [3.8, 4) is 17.2 Å². The molecule has 4 aromatic rings. The molecule has 0 aliphatic heterocycles. The van der Waals surface area contributed by atoms with Gasteiger partial charge in [0, 0.05) is 40.9 Å². The second-order valence-corrected chi connectivity index (χ2v) is 8.33. The standard InChI is InChI=1S/C23H17N3O2S.C3H8/c24-13-16-3-7-20(8-4-16)29-26-15-19(6-10-23(27)28)21-12-17(5-9-22(21)26)18-2-1-11-25-14-18;1-3-2/h1-5,7-9,11-12,14-15H,6,10H2,(H,27,28);3H2,1-2H3. The van der Waals surface area contributed by atoms with Gasteiger partial charge in [-0.25, -0.2) is 0 Å². The maximum absolute atomic E-state index is 11.1. The van der Waals surface area contributed by atoms with Crippen LogP contribution in [0.1, 0.15) is 37.8 Å². The molecule has 0 bridgehead atoms. The van der Waals surface area contributed by atoms with E-state index in [4.69, 9.17) is 10.4 Å². The summed E-state index contributed by atoms with van der Waals surface area (Å²) in [7, 11) is 0. The number of carbonyl (C=O) groups is 1. The molecule has 2 heterocycles. The molecule has 2 aromatic carbocycles. The lowest BCUT2D eigenvalue weighted by Gasteiger charge is -2.06. The Morgan fingerprint density at radius 2 is 1.88 bits per heavy atom. The summed E-state index contributed by atoms with van der Waals surface area (Å²) in [5.41, 5.74) is 4.70. The minimum absolute atomic E-state index is 0.0811. The van der Waals surface area contributed by atoms with E-state index in [1.54, 1.807) is 30.3 Å². The molecular formula is C26H25N3O2S. The SMILES string of the molecule is CCC.N#Cc1ccc(Sn2cc(CCC(=O)O)c3cc(-c4cccnc4)ccc32)cc1. The van der Waals surface area contributed by atoms with Gasteiger partial charge in [-0.3, -0.25) is 13.8 Å². The topological polar surface area (TPSA) is 78.9 Å². The first kappa shape index (κ1) is 23.1. The fourth-order valence-corrected chi connectivity index (χ4v) is 4.12. The largest absolute Gasteiger partial charge is 0.481 e. The molecule has 5 nitrogen and oxygen atoms in total. The molecule has 1 N–H and O–H groups in total. The zero-order valence-electron chi connectivity index (χ0n) is 18.2. The van der Waals surface area contributed by atoms with Gasteiger partial charge in [-0.1, -0.05) is 32.4 Å². The number of nitrogens with zero attached hydrogens (tertiary/aromatic N) is 3. The Kier molecular flexibility index (Phi) is 8.07. The fourth-order valence-electron chi connectivity index (χ4n) is 3.20. The number of hydrogen-bond acceptors (Lipinski definition) is 4. The van der Waals surface area contributed by atoms with Gasteiger partial charge in [-0.05, 0) is 72.0 Å². The smallest absolute Gasteiger partial charge is 0.303 e. The highest BCUT2D eigenvalue weighted by atomic mass is 32.2. The van der Waals surface area contributed by atoms with Crippen molar-refractivity contribution in [2.24, 2.45) is 0 Å². The predicted octanol–water partition coefficient (Wildman–Crippen LogP) is 6.56. The van der Waals surface area contributed by atoms with Crippen LogP contribution in [-0.4, -0.2) is 20.0 Å². The van der Waals surface area contributed by atoms with Gasteiger partial charge >= 0.3 is 5.97 Å². The first-order valence-corrected chi connectivity index (χ1v) is 11.3. The Hall–Kier alpha value is -3.56. The molecule has 0 spiro atoms. The number of benzene rings is 2. The van der Waals surface area contributed by atoms with Crippen LogP contribution in [0.2, 0.25) is 0 Å². The number of fused-ring (bicyclic) bond motifs is 1. The average Bonchev–Trinajstić information content (AvgIpc) is 3.16. The molecule has 0 saturated carbocycles. The van der Waals surface area contributed by atoms with Gasteiger partial charge in [0.2, 0.25) is 0 Å². The average molecular weight is 444 g/mol. The van der Waals surface area contributed by atoms with Crippen molar-refractivity contribution in [2.45, 2.75) is 38.0 Å². The van der Waals surface area contributed by atoms with Crippen molar-refractivity contribution in [1.29, 1.82) is 5.26 Å². The minimum Gasteiger partial charge on any atom is -0.481 e. The van der Waals surface area contributed by atoms with Gasteiger partial charge in [0.25, 0.3) is 0 Å². The normalized spacial score (nSPS) is 10.3. The van der Waals surface area contributed by atoms with E-state index in [1.165, 1.54) is 6.42 Å². The second kappa shape index (κ2) is 11.2. The van der Waals surface area contributed by atoms with E-state index in [-0.39, 0.29) is 6.42 Å². The van der Waals surface area contributed by atoms with Crippen molar-refractivity contribution in [1.82, 2.24) is 8.96 Å². The van der Waals surface area contributed by atoms with Crippen molar-refractivity contribution >= 4 is 28.8 Å². The Labute approximate surface area is 192 Å². The molecular weight excluding hydrogens is 418 g/mol. The number of aromatic nitrogens is 2. The monoisotopic (exact) mass is 443 g/mol. The van der Waals surface area contributed by atoms with E-state index >= 15 is 0 Å². The Bertz CT molecular complexity index is 1230. The highest BCUT2D eigenvalue weighted by Crippen LogP contribution is 2.33. The van der Waals surface area contributed by atoms with Crippen LogP contribution in [0.25, 0.3) is 22.0 Å². The number of rotatable bonds is 6. The van der Waals surface area contributed by atoms with Crippen LogP contribution in [0.15, 0.2) is 78.1 Å². The maximum atomic E-state index is 11.1. The summed E-state index contributed by atoms with van der Waals surface area (Å²) in [6, 6.07) is 19.6. The molecule has 0 fully saturated rings.